The maximum absolute atomic E-state index is 13.4. The highest BCUT2D eigenvalue weighted by Crippen LogP contribution is 2.41. The standard InChI is InChI=1S/C26H26FN7OS.2C7H8O3S/c1-17-22(26-30-23(18-5-3-2-4-6-18)24(36-26)25-28-16-29-31-25)21-15-20(9-12-34(21)32-17)35-14-13-33-10-7-19(27)8-11-33;2*1-6-2-4-7(5-3-6)11(8,9)10/h2-6,9,12,15-16,19H,7-8,10-11,13-14H2,1H3,(H,28,29,31);2*2-5H,1H3,(H,8,9,10). The molecule has 0 amide bonds. The molecule has 5 heterocycles. The fourth-order valence-electron chi connectivity index (χ4n) is 6.03. The van der Waals surface area contributed by atoms with Crippen LogP contribution in [-0.4, -0.2) is 93.0 Å². The average molecular weight is 848 g/mol. The SMILES string of the molecule is Cc1ccc(S(=O)(=O)O)cc1.Cc1ccc(S(=O)(=O)O)cc1.Cc1nn2ccc(OCCN3CCC(F)CC3)cc2c1-c1nc(-c2ccccc2)c(-c2ncn[nH]2)s1. The molecule has 0 atom stereocenters. The van der Waals surface area contributed by atoms with Gasteiger partial charge >= 0.3 is 0 Å². The van der Waals surface area contributed by atoms with E-state index in [0.717, 1.165) is 74.4 Å². The number of nitrogens with zero attached hydrogens (tertiary/aromatic N) is 6. The van der Waals surface area contributed by atoms with E-state index in [1.54, 1.807) is 35.6 Å². The number of aromatic nitrogens is 6. The van der Waals surface area contributed by atoms with E-state index in [9.17, 15) is 21.2 Å². The summed E-state index contributed by atoms with van der Waals surface area (Å²) in [6, 6.07) is 26.0. The number of aromatic amines is 1. The molecule has 1 saturated heterocycles. The van der Waals surface area contributed by atoms with Gasteiger partial charge in [-0.05, 0) is 63.9 Å². The number of likely N-dealkylation sites (tertiary alicyclic amines) is 1. The first kappa shape index (κ1) is 42.2. The summed E-state index contributed by atoms with van der Waals surface area (Å²) >= 11 is 1.57. The fourth-order valence-corrected chi connectivity index (χ4v) is 8.13. The Labute approximate surface area is 339 Å². The van der Waals surface area contributed by atoms with Crippen LogP contribution in [0.2, 0.25) is 0 Å². The highest BCUT2D eigenvalue weighted by atomic mass is 32.2. The predicted octanol–water partition coefficient (Wildman–Crippen LogP) is 7.51. The lowest BCUT2D eigenvalue weighted by molar-refractivity contribution is 0.132. The first-order valence-corrected chi connectivity index (χ1v) is 21.8. The summed E-state index contributed by atoms with van der Waals surface area (Å²) in [5.41, 5.74) is 6.57. The molecule has 0 spiro atoms. The molecule has 0 saturated carbocycles. The minimum absolute atomic E-state index is 0.0666. The second kappa shape index (κ2) is 18.5. The molecule has 18 heteroatoms. The third-order valence-electron chi connectivity index (χ3n) is 9.13. The molecule has 1 aliphatic heterocycles. The molecule has 3 aromatic carbocycles. The molecule has 8 rings (SSSR count). The number of piperidine rings is 1. The number of rotatable bonds is 9. The van der Waals surface area contributed by atoms with Crippen molar-refractivity contribution >= 4 is 37.1 Å². The number of H-pyrrole nitrogens is 1. The smallest absolute Gasteiger partial charge is 0.294 e. The normalized spacial score (nSPS) is 13.7. The van der Waals surface area contributed by atoms with E-state index in [1.165, 1.54) is 30.6 Å². The zero-order chi connectivity index (χ0) is 41.5. The van der Waals surface area contributed by atoms with Gasteiger partial charge in [0.1, 0.15) is 29.9 Å². The number of benzene rings is 3. The van der Waals surface area contributed by atoms with Crippen molar-refractivity contribution in [3.05, 3.63) is 120 Å². The Hall–Kier alpha value is -5.37. The molecule has 14 nitrogen and oxygen atoms in total. The minimum atomic E-state index is -4.02. The molecule has 1 aliphatic rings. The van der Waals surface area contributed by atoms with Crippen molar-refractivity contribution in [2.45, 2.75) is 49.6 Å². The number of alkyl halides is 1. The predicted molar refractivity (Wildman–Crippen MR) is 220 cm³/mol. The van der Waals surface area contributed by atoms with E-state index >= 15 is 0 Å². The maximum Gasteiger partial charge on any atom is 0.294 e. The Bertz CT molecular complexity index is 2570. The van der Waals surface area contributed by atoms with Gasteiger partial charge in [0.25, 0.3) is 20.2 Å². The van der Waals surface area contributed by atoms with Gasteiger partial charge in [-0.2, -0.15) is 27.0 Å². The number of nitrogens with one attached hydrogen (secondary N) is 1. The molecular formula is C40H42FN7O7S3. The Morgan fingerprint density at radius 3 is 2.02 bits per heavy atom. The first-order chi connectivity index (χ1) is 27.7. The summed E-state index contributed by atoms with van der Waals surface area (Å²) < 4.78 is 80.4. The van der Waals surface area contributed by atoms with Crippen LogP contribution in [0.1, 0.15) is 29.7 Å². The van der Waals surface area contributed by atoms with Crippen molar-refractivity contribution in [1.82, 2.24) is 34.7 Å². The summed E-state index contributed by atoms with van der Waals surface area (Å²) in [4.78, 5) is 12.5. The van der Waals surface area contributed by atoms with Gasteiger partial charge in [-0.15, -0.1) is 11.3 Å². The molecule has 0 unspecified atom stereocenters. The fraction of sp³-hybridized carbons (Fsp3) is 0.250. The summed E-state index contributed by atoms with van der Waals surface area (Å²) in [6.45, 7) is 8.60. The van der Waals surface area contributed by atoms with Crippen LogP contribution < -0.4 is 4.74 Å². The van der Waals surface area contributed by atoms with Gasteiger partial charge < -0.3 is 4.74 Å². The van der Waals surface area contributed by atoms with Crippen LogP contribution in [0.5, 0.6) is 5.75 Å². The van der Waals surface area contributed by atoms with E-state index in [4.69, 9.17) is 23.9 Å². The van der Waals surface area contributed by atoms with Crippen LogP contribution in [0.4, 0.5) is 4.39 Å². The number of thiazole rings is 1. The largest absolute Gasteiger partial charge is 0.492 e. The van der Waals surface area contributed by atoms with E-state index in [2.05, 4.69) is 20.1 Å². The zero-order valence-corrected chi connectivity index (χ0v) is 34.3. The summed E-state index contributed by atoms with van der Waals surface area (Å²) in [5, 5.41) is 12.6. The minimum Gasteiger partial charge on any atom is -0.492 e. The van der Waals surface area contributed by atoms with E-state index in [0.29, 0.717) is 25.3 Å². The van der Waals surface area contributed by atoms with E-state index in [1.807, 2.05) is 73.9 Å². The van der Waals surface area contributed by atoms with Gasteiger partial charge in [-0.25, -0.2) is 18.9 Å². The number of aryl methyl sites for hydroxylation is 3. The Morgan fingerprint density at radius 1 is 0.862 bits per heavy atom. The lowest BCUT2D eigenvalue weighted by Crippen LogP contribution is -2.37. The van der Waals surface area contributed by atoms with Gasteiger partial charge in [-0.3, -0.25) is 19.1 Å². The molecule has 1 fully saturated rings. The van der Waals surface area contributed by atoms with Crippen LogP contribution in [-0.2, 0) is 20.2 Å². The summed E-state index contributed by atoms with van der Waals surface area (Å²) in [6.07, 6.45) is 3.98. The number of fused-ring (bicyclic) bond motifs is 1. The average Bonchev–Trinajstić information content (AvgIpc) is 3.95. The Morgan fingerprint density at radius 2 is 1.47 bits per heavy atom. The maximum atomic E-state index is 13.4. The third kappa shape index (κ3) is 11.0. The Kier molecular flexibility index (Phi) is 13.5. The number of hydrogen-bond acceptors (Lipinski definition) is 11. The lowest BCUT2D eigenvalue weighted by Gasteiger charge is -2.28. The topological polar surface area (TPSA) is 193 Å². The first-order valence-electron chi connectivity index (χ1n) is 18.1. The molecule has 0 aliphatic carbocycles. The second-order valence-electron chi connectivity index (χ2n) is 13.5. The zero-order valence-electron chi connectivity index (χ0n) is 31.9. The highest BCUT2D eigenvalue weighted by Gasteiger charge is 2.23. The molecular weight excluding hydrogens is 806 g/mol. The molecule has 4 aromatic heterocycles. The molecule has 304 valence electrons. The van der Waals surface area contributed by atoms with Crippen molar-refractivity contribution in [3.8, 4) is 38.3 Å². The molecule has 0 bridgehead atoms. The van der Waals surface area contributed by atoms with Gasteiger partial charge in [0.05, 0.1) is 37.1 Å². The number of ether oxygens (including phenoxy) is 1. The van der Waals surface area contributed by atoms with Crippen molar-refractivity contribution < 1.29 is 35.1 Å². The number of hydrogen-bond donors (Lipinski definition) is 3. The van der Waals surface area contributed by atoms with Crippen LogP contribution in [0, 0.1) is 20.8 Å². The second-order valence-corrected chi connectivity index (χ2v) is 17.3. The third-order valence-corrected chi connectivity index (χ3v) is 11.9. The number of pyridine rings is 1. The van der Waals surface area contributed by atoms with Gasteiger partial charge in [0, 0.05) is 37.5 Å². The lowest BCUT2D eigenvalue weighted by atomic mass is 10.1. The molecule has 58 heavy (non-hydrogen) atoms. The van der Waals surface area contributed by atoms with Crippen LogP contribution >= 0.6 is 11.3 Å². The van der Waals surface area contributed by atoms with Crippen molar-refractivity contribution in [1.29, 1.82) is 0 Å². The van der Waals surface area contributed by atoms with E-state index in [-0.39, 0.29) is 9.79 Å². The van der Waals surface area contributed by atoms with Gasteiger partial charge in [0.2, 0.25) is 0 Å². The van der Waals surface area contributed by atoms with E-state index < -0.39 is 26.4 Å². The quantitative estimate of drug-likeness (QED) is 0.121. The van der Waals surface area contributed by atoms with Crippen molar-refractivity contribution in [2.75, 3.05) is 26.2 Å². The van der Waals surface area contributed by atoms with Crippen molar-refractivity contribution in [3.63, 3.8) is 0 Å². The summed E-state index contributed by atoms with van der Waals surface area (Å²) in [7, 11) is -8.04. The highest BCUT2D eigenvalue weighted by molar-refractivity contribution is 7.86. The van der Waals surface area contributed by atoms with Gasteiger partial charge in [0.15, 0.2) is 5.82 Å². The monoisotopic (exact) mass is 847 g/mol. The van der Waals surface area contributed by atoms with Crippen molar-refractivity contribution in [2.24, 2.45) is 0 Å². The van der Waals surface area contributed by atoms with Gasteiger partial charge in [-0.1, -0.05) is 65.7 Å². The molecule has 7 aromatic rings. The molecule has 0 radical (unpaired) electrons. The van der Waals surface area contributed by atoms with Crippen LogP contribution in [0.3, 0.4) is 0 Å². The summed E-state index contributed by atoms with van der Waals surface area (Å²) in [5.74, 6) is 1.46. The molecule has 3 N–H and O–H groups in total. The van der Waals surface area contributed by atoms with Crippen LogP contribution in [0.25, 0.3) is 38.0 Å². The van der Waals surface area contributed by atoms with Crippen LogP contribution in [0.15, 0.2) is 113 Å². The Balaban J connectivity index is 0.000000210. The number of halogens is 1.